The van der Waals surface area contributed by atoms with Gasteiger partial charge in [-0.2, -0.15) is 0 Å². The van der Waals surface area contributed by atoms with Gasteiger partial charge in [0.15, 0.2) is 5.75 Å². The van der Waals surface area contributed by atoms with E-state index in [4.69, 9.17) is 0 Å². The van der Waals surface area contributed by atoms with E-state index >= 15 is 0 Å². The smallest absolute Gasteiger partial charge is 0.469 e. The van der Waals surface area contributed by atoms with Crippen molar-refractivity contribution in [3.8, 4) is 5.75 Å². The number of nitro groups is 1. The second-order valence-corrected chi connectivity index (χ2v) is 4.46. The summed E-state index contributed by atoms with van der Waals surface area (Å²) in [7, 11) is 1.02. The second kappa shape index (κ2) is 6.19. The quantitative estimate of drug-likeness (QED) is 0.330. The summed E-state index contributed by atoms with van der Waals surface area (Å²) in [6.07, 6.45) is -5.69. The standard InChI is InChI=1S/C9H6F3IN2O5/c1-19-7(16)3-5-6(20-9(10,11)12)2-4(13)8(14-5)15(17)18/h2H,3H2,1H3. The summed E-state index contributed by atoms with van der Waals surface area (Å²) >= 11 is 1.44. The van der Waals surface area contributed by atoms with E-state index in [1.807, 2.05) is 0 Å². The number of hydrogen-bond acceptors (Lipinski definition) is 6. The zero-order valence-electron chi connectivity index (χ0n) is 9.73. The Hall–Kier alpha value is -1.66. The SMILES string of the molecule is COC(=O)Cc1nc([N+](=O)[O-])c(I)cc1OC(F)(F)F. The molecule has 1 aromatic rings. The van der Waals surface area contributed by atoms with Crippen LogP contribution in [-0.2, 0) is 16.0 Å². The Morgan fingerprint density at radius 1 is 1.55 bits per heavy atom. The van der Waals surface area contributed by atoms with Gasteiger partial charge < -0.3 is 19.6 Å². The van der Waals surface area contributed by atoms with Crippen LogP contribution in [0.4, 0.5) is 19.0 Å². The topological polar surface area (TPSA) is 91.6 Å². The molecule has 1 aromatic heterocycles. The molecule has 0 N–H and O–H groups in total. The van der Waals surface area contributed by atoms with Crippen LogP contribution in [0.5, 0.6) is 5.75 Å². The van der Waals surface area contributed by atoms with Gasteiger partial charge in [-0.15, -0.1) is 13.2 Å². The molecule has 11 heteroatoms. The molecule has 0 saturated carbocycles. The molecule has 0 spiro atoms. The number of aromatic nitrogens is 1. The Balaban J connectivity index is 3.29. The minimum Gasteiger partial charge on any atom is -0.469 e. The van der Waals surface area contributed by atoms with E-state index < -0.39 is 40.9 Å². The molecular weight excluding hydrogens is 400 g/mol. The first-order chi connectivity index (χ1) is 9.14. The number of hydrogen-bond donors (Lipinski definition) is 0. The van der Waals surface area contributed by atoms with Crippen LogP contribution in [0.25, 0.3) is 0 Å². The molecule has 0 aliphatic heterocycles. The van der Waals surface area contributed by atoms with Crippen molar-refractivity contribution < 1.29 is 32.4 Å². The molecule has 0 radical (unpaired) electrons. The van der Waals surface area contributed by atoms with E-state index in [0.717, 1.165) is 13.2 Å². The fraction of sp³-hybridized carbons (Fsp3) is 0.333. The number of carbonyl (C=O) groups excluding carboxylic acids is 1. The second-order valence-electron chi connectivity index (χ2n) is 3.30. The largest absolute Gasteiger partial charge is 0.573 e. The van der Waals surface area contributed by atoms with Crippen LogP contribution < -0.4 is 4.74 Å². The van der Waals surface area contributed by atoms with Gasteiger partial charge in [0, 0.05) is 6.07 Å². The minimum absolute atomic E-state index is 0.152. The van der Waals surface area contributed by atoms with Crippen molar-refractivity contribution in [3.63, 3.8) is 0 Å². The normalized spacial score (nSPS) is 11.1. The molecule has 0 unspecified atom stereocenters. The number of carbonyl (C=O) groups is 1. The third-order valence-corrected chi connectivity index (χ3v) is 2.73. The molecule has 0 atom stereocenters. The highest BCUT2D eigenvalue weighted by Gasteiger charge is 2.35. The molecule has 1 heterocycles. The van der Waals surface area contributed by atoms with Gasteiger partial charge in [0.25, 0.3) is 0 Å². The van der Waals surface area contributed by atoms with E-state index in [9.17, 15) is 28.1 Å². The van der Waals surface area contributed by atoms with Crippen LogP contribution in [-0.4, -0.2) is 29.3 Å². The van der Waals surface area contributed by atoms with Crippen molar-refractivity contribution in [2.75, 3.05) is 7.11 Å². The van der Waals surface area contributed by atoms with E-state index in [2.05, 4.69) is 14.5 Å². The van der Waals surface area contributed by atoms with Crippen molar-refractivity contribution in [2.45, 2.75) is 12.8 Å². The van der Waals surface area contributed by atoms with Gasteiger partial charge in [0.1, 0.15) is 9.99 Å². The van der Waals surface area contributed by atoms with Gasteiger partial charge in [-0.3, -0.25) is 4.79 Å². The first kappa shape index (κ1) is 16.4. The maximum absolute atomic E-state index is 12.2. The molecule has 0 fully saturated rings. The molecule has 1 rings (SSSR count). The minimum atomic E-state index is -5.01. The fourth-order valence-electron chi connectivity index (χ4n) is 1.18. The van der Waals surface area contributed by atoms with Crippen molar-refractivity contribution in [3.05, 3.63) is 25.4 Å². The molecule has 0 bridgehead atoms. The lowest BCUT2D eigenvalue weighted by molar-refractivity contribution is -0.390. The van der Waals surface area contributed by atoms with Gasteiger partial charge >= 0.3 is 18.1 Å². The molecule has 20 heavy (non-hydrogen) atoms. The molecule has 0 amide bonds. The van der Waals surface area contributed by atoms with Crippen molar-refractivity contribution >= 4 is 34.4 Å². The van der Waals surface area contributed by atoms with Gasteiger partial charge in [0.2, 0.25) is 5.69 Å². The predicted molar refractivity (Wildman–Crippen MR) is 66.0 cm³/mol. The van der Waals surface area contributed by atoms with Crippen LogP contribution in [0, 0.1) is 13.7 Å². The Bertz CT molecular complexity index is 549. The zero-order chi connectivity index (χ0) is 15.5. The number of nitrogens with zero attached hydrogens (tertiary/aromatic N) is 2. The molecule has 7 nitrogen and oxygen atoms in total. The third-order valence-electron chi connectivity index (χ3n) is 1.93. The highest BCUT2D eigenvalue weighted by atomic mass is 127. The first-order valence-electron chi connectivity index (χ1n) is 4.80. The number of methoxy groups -OCH3 is 1. The highest BCUT2D eigenvalue weighted by Crippen LogP contribution is 2.31. The first-order valence-corrected chi connectivity index (χ1v) is 5.88. The Morgan fingerprint density at radius 2 is 2.15 bits per heavy atom. The molecule has 0 aromatic carbocycles. The summed E-state index contributed by atoms with van der Waals surface area (Å²) < 4.78 is 44.5. The lowest BCUT2D eigenvalue weighted by Crippen LogP contribution is -2.20. The fourth-order valence-corrected chi connectivity index (χ4v) is 1.78. The number of alkyl halides is 3. The summed E-state index contributed by atoms with van der Waals surface area (Å²) in [5.41, 5.74) is -0.527. The lowest BCUT2D eigenvalue weighted by atomic mass is 10.2. The Kier molecular flexibility index (Phi) is 5.08. The summed E-state index contributed by atoms with van der Waals surface area (Å²) in [6.45, 7) is 0. The maximum Gasteiger partial charge on any atom is 0.573 e. The summed E-state index contributed by atoms with van der Waals surface area (Å²) in [5, 5.41) is 10.7. The van der Waals surface area contributed by atoms with Gasteiger partial charge in [0.05, 0.1) is 7.11 Å². The number of rotatable bonds is 4. The number of pyridine rings is 1. The van der Waals surface area contributed by atoms with Crippen LogP contribution in [0.2, 0.25) is 0 Å². The summed E-state index contributed by atoms with van der Waals surface area (Å²) in [5.74, 6) is -2.35. The van der Waals surface area contributed by atoms with Gasteiger partial charge in [-0.25, -0.2) is 0 Å². The van der Waals surface area contributed by atoms with E-state index in [0.29, 0.717) is 0 Å². The third kappa shape index (κ3) is 4.47. The zero-order valence-corrected chi connectivity index (χ0v) is 11.9. The monoisotopic (exact) mass is 406 g/mol. The highest BCUT2D eigenvalue weighted by molar-refractivity contribution is 14.1. The molecule has 0 aliphatic carbocycles. The van der Waals surface area contributed by atoms with E-state index in [-0.39, 0.29) is 3.57 Å². The van der Waals surface area contributed by atoms with Crippen LogP contribution in [0.1, 0.15) is 5.69 Å². The number of esters is 1. The van der Waals surface area contributed by atoms with Gasteiger partial charge in [-0.1, -0.05) is 0 Å². The van der Waals surface area contributed by atoms with Crippen LogP contribution >= 0.6 is 22.6 Å². The van der Waals surface area contributed by atoms with Crippen LogP contribution in [0.3, 0.4) is 0 Å². The molecule has 0 aliphatic rings. The van der Waals surface area contributed by atoms with Crippen molar-refractivity contribution in [1.29, 1.82) is 0 Å². The molecular formula is C9H6F3IN2O5. The van der Waals surface area contributed by atoms with Gasteiger partial charge in [-0.05, 0) is 32.5 Å². The van der Waals surface area contributed by atoms with Crippen molar-refractivity contribution in [1.82, 2.24) is 4.98 Å². The summed E-state index contributed by atoms with van der Waals surface area (Å²) in [6, 6.07) is 0.789. The number of halogens is 4. The molecule has 110 valence electrons. The lowest BCUT2D eigenvalue weighted by Gasteiger charge is -2.10. The molecule has 0 saturated heterocycles. The van der Waals surface area contributed by atoms with Crippen LogP contribution in [0.15, 0.2) is 6.07 Å². The van der Waals surface area contributed by atoms with Crippen molar-refractivity contribution in [2.24, 2.45) is 0 Å². The average molecular weight is 406 g/mol. The summed E-state index contributed by atoms with van der Waals surface area (Å²) in [4.78, 5) is 24.3. The average Bonchev–Trinajstić information content (AvgIpc) is 2.29. The maximum atomic E-state index is 12.2. The Morgan fingerprint density at radius 3 is 2.60 bits per heavy atom. The predicted octanol–water partition coefficient (Wildman–Crippen LogP) is 2.21. The van der Waals surface area contributed by atoms with E-state index in [1.165, 1.54) is 22.6 Å². The van der Waals surface area contributed by atoms with E-state index in [1.54, 1.807) is 0 Å². The Labute approximate surface area is 123 Å². The number of ether oxygens (including phenoxy) is 2.